The van der Waals surface area contributed by atoms with Crippen molar-refractivity contribution in [2.45, 2.75) is 20.4 Å². The lowest BCUT2D eigenvalue weighted by Gasteiger charge is -2.27. The van der Waals surface area contributed by atoms with Crippen LogP contribution in [0.25, 0.3) is 0 Å². The maximum absolute atomic E-state index is 5.90. The first kappa shape index (κ1) is 14.9. The third-order valence-electron chi connectivity index (χ3n) is 2.26. The van der Waals surface area contributed by atoms with Gasteiger partial charge in [0.25, 0.3) is 0 Å². The number of hydrogen-bond donors (Lipinski definition) is 0. The molecule has 0 unspecified atom stereocenters. The van der Waals surface area contributed by atoms with Crippen LogP contribution in [0, 0.1) is 7.14 Å². The number of rotatable bonds is 5. The highest BCUT2D eigenvalue weighted by atomic mass is 127. The van der Waals surface area contributed by atoms with E-state index in [0.29, 0.717) is 13.2 Å². The van der Waals surface area contributed by atoms with E-state index in [2.05, 4.69) is 69.9 Å². The Morgan fingerprint density at radius 3 is 2.19 bits per heavy atom. The molecule has 1 aromatic carbocycles. The first-order chi connectivity index (χ1) is 7.53. The second-order valence-electron chi connectivity index (χ2n) is 3.44. The van der Waals surface area contributed by atoms with Gasteiger partial charge in [-0.15, -0.1) is 0 Å². The van der Waals surface area contributed by atoms with Crippen LogP contribution in [0.3, 0.4) is 0 Å². The van der Waals surface area contributed by atoms with Crippen LogP contribution in [0.2, 0.25) is 6.55 Å². The lowest BCUT2D eigenvalue weighted by molar-refractivity contribution is 0.202. The van der Waals surface area contributed by atoms with Crippen molar-refractivity contribution < 1.29 is 8.85 Å². The molecule has 1 rings (SSSR count). The fourth-order valence-corrected chi connectivity index (χ4v) is 6.61. The molecule has 0 aliphatic heterocycles. The lowest BCUT2D eigenvalue weighted by atomic mass is 10.4. The highest BCUT2D eigenvalue weighted by Crippen LogP contribution is 2.15. The molecular formula is C11H16I2O2Si. The van der Waals surface area contributed by atoms with Gasteiger partial charge in [-0.25, -0.2) is 0 Å². The Morgan fingerprint density at radius 1 is 1.12 bits per heavy atom. The number of hydrogen-bond acceptors (Lipinski definition) is 2. The molecular weight excluding hydrogens is 446 g/mol. The van der Waals surface area contributed by atoms with Gasteiger partial charge in [0, 0.05) is 25.5 Å². The van der Waals surface area contributed by atoms with Gasteiger partial charge in [0.2, 0.25) is 0 Å². The Bertz CT molecular complexity index is 352. The molecule has 0 bridgehead atoms. The molecule has 0 N–H and O–H groups in total. The Morgan fingerprint density at radius 2 is 1.69 bits per heavy atom. The molecule has 16 heavy (non-hydrogen) atoms. The van der Waals surface area contributed by atoms with Crippen molar-refractivity contribution in [3.63, 3.8) is 0 Å². The summed E-state index contributed by atoms with van der Waals surface area (Å²) in [5.74, 6) is 0. The van der Waals surface area contributed by atoms with E-state index in [1.165, 1.54) is 12.3 Å². The van der Waals surface area contributed by atoms with Gasteiger partial charge in [0.1, 0.15) is 0 Å². The average molecular weight is 462 g/mol. The standard InChI is InChI=1S/C11H16I2O2Si/c1-4-14-16(3,15-5-2)11-8-9(12)6-7-10(11)13/h6-8H,4-5H2,1-3H3. The van der Waals surface area contributed by atoms with Gasteiger partial charge < -0.3 is 8.85 Å². The van der Waals surface area contributed by atoms with E-state index in [-0.39, 0.29) is 0 Å². The summed E-state index contributed by atoms with van der Waals surface area (Å²) >= 11 is 4.68. The van der Waals surface area contributed by atoms with Crippen molar-refractivity contribution in [2.24, 2.45) is 0 Å². The van der Waals surface area contributed by atoms with Crippen molar-refractivity contribution in [3.8, 4) is 0 Å². The zero-order valence-electron chi connectivity index (χ0n) is 9.72. The highest BCUT2D eigenvalue weighted by Gasteiger charge is 2.35. The summed E-state index contributed by atoms with van der Waals surface area (Å²) in [4.78, 5) is 0. The Hall–Kier alpha value is 0.817. The fourth-order valence-electron chi connectivity index (χ4n) is 1.59. The monoisotopic (exact) mass is 462 g/mol. The van der Waals surface area contributed by atoms with E-state index in [4.69, 9.17) is 8.85 Å². The molecule has 0 aromatic heterocycles. The van der Waals surface area contributed by atoms with Gasteiger partial charge in [0.05, 0.1) is 0 Å². The molecule has 0 radical (unpaired) electrons. The second-order valence-corrected chi connectivity index (χ2v) is 8.85. The highest BCUT2D eigenvalue weighted by molar-refractivity contribution is 14.1. The zero-order valence-corrected chi connectivity index (χ0v) is 15.0. The molecule has 0 aliphatic rings. The van der Waals surface area contributed by atoms with Gasteiger partial charge in [-0.3, -0.25) is 0 Å². The van der Waals surface area contributed by atoms with Crippen molar-refractivity contribution in [1.82, 2.24) is 0 Å². The average Bonchev–Trinajstić information content (AvgIpc) is 2.22. The maximum Gasteiger partial charge on any atom is 0.370 e. The van der Waals surface area contributed by atoms with E-state index in [1.54, 1.807) is 0 Å². The maximum atomic E-state index is 5.90. The Balaban J connectivity index is 3.14. The molecule has 0 saturated heterocycles. The van der Waals surface area contributed by atoms with Crippen LogP contribution in [0.5, 0.6) is 0 Å². The molecule has 0 heterocycles. The molecule has 2 nitrogen and oxygen atoms in total. The summed E-state index contributed by atoms with van der Waals surface area (Å²) in [6.45, 7) is 7.55. The predicted molar refractivity (Wildman–Crippen MR) is 86.4 cm³/mol. The van der Waals surface area contributed by atoms with Crippen LogP contribution in [-0.4, -0.2) is 21.8 Å². The second kappa shape index (κ2) is 6.67. The van der Waals surface area contributed by atoms with Crippen LogP contribution in [0.1, 0.15) is 13.8 Å². The van der Waals surface area contributed by atoms with Crippen LogP contribution < -0.4 is 5.19 Å². The molecule has 0 amide bonds. The van der Waals surface area contributed by atoms with Gasteiger partial charge >= 0.3 is 8.56 Å². The normalized spacial score (nSPS) is 11.8. The minimum Gasteiger partial charge on any atom is -0.391 e. The van der Waals surface area contributed by atoms with Gasteiger partial charge in [-0.05, 0) is 83.8 Å². The smallest absolute Gasteiger partial charge is 0.370 e. The predicted octanol–water partition coefficient (Wildman–Crippen LogP) is 3.25. The molecule has 0 spiro atoms. The van der Waals surface area contributed by atoms with Crippen LogP contribution >= 0.6 is 45.2 Å². The van der Waals surface area contributed by atoms with Gasteiger partial charge in [-0.1, -0.05) is 0 Å². The summed E-state index contributed by atoms with van der Waals surface area (Å²) in [6.07, 6.45) is 0. The van der Waals surface area contributed by atoms with Gasteiger partial charge in [0.15, 0.2) is 0 Å². The summed E-state index contributed by atoms with van der Waals surface area (Å²) in [5, 5.41) is 1.24. The molecule has 0 fully saturated rings. The van der Waals surface area contributed by atoms with Crippen molar-refractivity contribution in [1.29, 1.82) is 0 Å². The summed E-state index contributed by atoms with van der Waals surface area (Å²) in [5.41, 5.74) is 0. The number of benzene rings is 1. The fraction of sp³-hybridized carbons (Fsp3) is 0.455. The van der Waals surface area contributed by atoms with E-state index in [1.807, 2.05) is 13.8 Å². The van der Waals surface area contributed by atoms with E-state index in [9.17, 15) is 0 Å². The molecule has 0 saturated carbocycles. The largest absolute Gasteiger partial charge is 0.391 e. The topological polar surface area (TPSA) is 18.5 Å². The zero-order chi connectivity index (χ0) is 12.2. The molecule has 0 aliphatic carbocycles. The van der Waals surface area contributed by atoms with E-state index < -0.39 is 8.56 Å². The van der Waals surface area contributed by atoms with Crippen LogP contribution in [0.4, 0.5) is 0 Å². The summed E-state index contributed by atoms with van der Waals surface area (Å²) in [6, 6.07) is 6.42. The summed E-state index contributed by atoms with van der Waals surface area (Å²) in [7, 11) is -2.21. The summed E-state index contributed by atoms with van der Waals surface area (Å²) < 4.78 is 14.3. The minimum absolute atomic E-state index is 0.699. The van der Waals surface area contributed by atoms with Gasteiger partial charge in [-0.2, -0.15) is 0 Å². The lowest BCUT2D eigenvalue weighted by Crippen LogP contribution is -2.52. The van der Waals surface area contributed by atoms with Crippen molar-refractivity contribution in [2.75, 3.05) is 13.2 Å². The molecule has 90 valence electrons. The molecule has 0 atom stereocenters. The third-order valence-corrected chi connectivity index (χ3v) is 7.45. The Labute approximate surface area is 126 Å². The SMILES string of the molecule is CCO[Si](C)(OCC)c1cc(I)ccc1I. The van der Waals surface area contributed by atoms with Crippen molar-refractivity contribution >= 4 is 58.9 Å². The number of halogens is 2. The van der Waals surface area contributed by atoms with Crippen LogP contribution in [0.15, 0.2) is 18.2 Å². The Kier molecular flexibility index (Phi) is 6.20. The minimum atomic E-state index is -2.21. The van der Waals surface area contributed by atoms with E-state index >= 15 is 0 Å². The quantitative estimate of drug-likeness (QED) is 0.495. The molecule has 1 aromatic rings. The molecule has 5 heteroatoms. The van der Waals surface area contributed by atoms with E-state index in [0.717, 1.165) is 0 Å². The third kappa shape index (κ3) is 3.66. The van der Waals surface area contributed by atoms with Crippen molar-refractivity contribution in [3.05, 3.63) is 25.3 Å². The first-order valence-corrected chi connectivity index (χ1v) is 9.74. The van der Waals surface area contributed by atoms with Crippen LogP contribution in [-0.2, 0) is 8.85 Å². The first-order valence-electron chi connectivity index (χ1n) is 5.27.